The van der Waals surface area contributed by atoms with Crippen LogP contribution < -0.4 is 5.73 Å². The van der Waals surface area contributed by atoms with Crippen molar-refractivity contribution in [3.05, 3.63) is 47.8 Å². The molecule has 1 fully saturated rings. The van der Waals surface area contributed by atoms with E-state index in [1.165, 1.54) is 0 Å². The fraction of sp³-hybridized carbons (Fsp3) is 0.353. The molecule has 7 heteroatoms. The van der Waals surface area contributed by atoms with E-state index in [0.29, 0.717) is 31.7 Å². The average Bonchev–Trinajstić information content (AvgIpc) is 3.01. The van der Waals surface area contributed by atoms with Gasteiger partial charge in [-0.2, -0.15) is 5.10 Å². The maximum atomic E-state index is 12.6. The highest BCUT2D eigenvalue weighted by Gasteiger charge is 2.22. The zero-order chi connectivity index (χ0) is 17.1. The highest BCUT2D eigenvalue weighted by Crippen LogP contribution is 2.13. The molecule has 0 spiro atoms. The molecule has 1 aromatic carbocycles. The Morgan fingerprint density at radius 1 is 1.12 bits per heavy atom. The predicted octanol–water partition coefficient (Wildman–Crippen LogP) is 0.424. The minimum atomic E-state index is -0.334. The standard InChI is InChI=1S/C17H21N5O2/c1-13-10-19-22(11-13)15-4-2-14(3-5-15)17(24)21-8-6-20(7-9-21)12-16(18)23/h2-5,10-11H,6-9,12H2,1H3,(H2,18,23). The Morgan fingerprint density at radius 3 is 2.33 bits per heavy atom. The third kappa shape index (κ3) is 3.62. The zero-order valence-electron chi connectivity index (χ0n) is 13.7. The highest BCUT2D eigenvalue weighted by molar-refractivity contribution is 5.94. The van der Waals surface area contributed by atoms with Crippen LogP contribution in [0.15, 0.2) is 36.7 Å². The Bertz CT molecular complexity index is 730. The number of carbonyl (C=O) groups is 2. The molecule has 24 heavy (non-hydrogen) atoms. The van der Waals surface area contributed by atoms with Crippen LogP contribution in [0, 0.1) is 6.92 Å². The normalized spacial score (nSPS) is 15.5. The number of hydrogen-bond acceptors (Lipinski definition) is 4. The summed E-state index contributed by atoms with van der Waals surface area (Å²) in [5.41, 5.74) is 7.87. The molecular formula is C17H21N5O2. The van der Waals surface area contributed by atoms with Crippen LogP contribution in [-0.2, 0) is 4.79 Å². The van der Waals surface area contributed by atoms with E-state index in [0.717, 1.165) is 11.3 Å². The summed E-state index contributed by atoms with van der Waals surface area (Å²) in [5.74, 6) is -0.323. The van der Waals surface area contributed by atoms with E-state index in [1.54, 1.807) is 10.9 Å². The van der Waals surface area contributed by atoms with E-state index >= 15 is 0 Å². The molecule has 0 unspecified atom stereocenters. The van der Waals surface area contributed by atoms with Gasteiger partial charge in [0.1, 0.15) is 0 Å². The molecule has 126 valence electrons. The fourth-order valence-electron chi connectivity index (χ4n) is 2.82. The van der Waals surface area contributed by atoms with Gasteiger partial charge in [0.25, 0.3) is 5.91 Å². The van der Waals surface area contributed by atoms with Crippen LogP contribution in [0.2, 0.25) is 0 Å². The summed E-state index contributed by atoms with van der Waals surface area (Å²) in [6.07, 6.45) is 3.74. The van der Waals surface area contributed by atoms with E-state index in [1.807, 2.05) is 47.2 Å². The lowest BCUT2D eigenvalue weighted by Gasteiger charge is -2.34. The Kier molecular flexibility index (Phi) is 4.61. The van der Waals surface area contributed by atoms with Gasteiger partial charge in [0, 0.05) is 37.9 Å². The summed E-state index contributed by atoms with van der Waals surface area (Å²) in [5, 5.41) is 4.26. The predicted molar refractivity (Wildman–Crippen MR) is 89.8 cm³/mol. The van der Waals surface area contributed by atoms with E-state index in [4.69, 9.17) is 5.73 Å². The molecule has 3 rings (SSSR count). The first kappa shape index (κ1) is 16.2. The monoisotopic (exact) mass is 327 g/mol. The van der Waals surface area contributed by atoms with Crippen LogP contribution in [0.25, 0.3) is 5.69 Å². The molecule has 0 radical (unpaired) electrons. The first-order valence-electron chi connectivity index (χ1n) is 7.94. The van der Waals surface area contributed by atoms with Gasteiger partial charge in [-0.1, -0.05) is 0 Å². The van der Waals surface area contributed by atoms with E-state index in [9.17, 15) is 9.59 Å². The Labute approximate surface area is 140 Å². The SMILES string of the molecule is Cc1cnn(-c2ccc(C(=O)N3CCN(CC(N)=O)CC3)cc2)c1. The zero-order valence-corrected chi connectivity index (χ0v) is 13.7. The maximum absolute atomic E-state index is 12.6. The van der Waals surface area contributed by atoms with Crippen LogP contribution in [-0.4, -0.2) is 64.1 Å². The van der Waals surface area contributed by atoms with E-state index < -0.39 is 0 Å². The van der Waals surface area contributed by atoms with Gasteiger partial charge in [0.15, 0.2) is 0 Å². The van der Waals surface area contributed by atoms with Gasteiger partial charge in [0.2, 0.25) is 5.91 Å². The Balaban J connectivity index is 1.62. The molecular weight excluding hydrogens is 306 g/mol. The number of aromatic nitrogens is 2. The number of primary amides is 1. The van der Waals surface area contributed by atoms with Crippen LogP contribution in [0.5, 0.6) is 0 Å². The van der Waals surface area contributed by atoms with Crippen molar-refractivity contribution in [3.63, 3.8) is 0 Å². The van der Waals surface area contributed by atoms with Crippen molar-refractivity contribution in [3.8, 4) is 5.69 Å². The molecule has 2 heterocycles. The largest absolute Gasteiger partial charge is 0.369 e. The summed E-state index contributed by atoms with van der Waals surface area (Å²) in [6, 6.07) is 7.43. The second-order valence-electron chi connectivity index (χ2n) is 6.04. The number of nitrogens with zero attached hydrogens (tertiary/aromatic N) is 4. The third-order valence-corrected chi connectivity index (χ3v) is 4.13. The van der Waals surface area contributed by atoms with Crippen molar-refractivity contribution in [1.29, 1.82) is 0 Å². The summed E-state index contributed by atoms with van der Waals surface area (Å²) in [4.78, 5) is 27.3. The summed E-state index contributed by atoms with van der Waals surface area (Å²) in [6.45, 7) is 4.77. The number of piperazine rings is 1. The van der Waals surface area contributed by atoms with Crippen molar-refractivity contribution in [1.82, 2.24) is 19.6 Å². The topological polar surface area (TPSA) is 84.5 Å². The Hall–Kier alpha value is -2.67. The summed E-state index contributed by atoms with van der Waals surface area (Å²) >= 11 is 0. The van der Waals surface area contributed by atoms with Gasteiger partial charge in [-0.3, -0.25) is 14.5 Å². The number of carbonyl (C=O) groups excluding carboxylic acids is 2. The molecule has 0 bridgehead atoms. The van der Waals surface area contributed by atoms with Crippen LogP contribution >= 0.6 is 0 Å². The van der Waals surface area contributed by atoms with Crippen molar-refractivity contribution in [2.75, 3.05) is 32.7 Å². The minimum absolute atomic E-state index is 0.0110. The van der Waals surface area contributed by atoms with Gasteiger partial charge >= 0.3 is 0 Å². The lowest BCUT2D eigenvalue weighted by Crippen LogP contribution is -2.50. The molecule has 2 aromatic rings. The number of hydrogen-bond donors (Lipinski definition) is 1. The molecule has 1 aliphatic heterocycles. The van der Waals surface area contributed by atoms with Crippen molar-refractivity contribution in [2.45, 2.75) is 6.92 Å². The molecule has 0 atom stereocenters. The van der Waals surface area contributed by atoms with E-state index in [-0.39, 0.29) is 18.4 Å². The molecule has 2 amide bonds. The highest BCUT2D eigenvalue weighted by atomic mass is 16.2. The Morgan fingerprint density at radius 2 is 1.79 bits per heavy atom. The fourth-order valence-corrected chi connectivity index (χ4v) is 2.82. The molecule has 7 nitrogen and oxygen atoms in total. The summed E-state index contributed by atoms with van der Waals surface area (Å²) < 4.78 is 1.78. The average molecular weight is 327 g/mol. The van der Waals surface area contributed by atoms with Gasteiger partial charge in [0.05, 0.1) is 18.4 Å². The number of amides is 2. The van der Waals surface area contributed by atoms with Crippen molar-refractivity contribution in [2.24, 2.45) is 5.73 Å². The third-order valence-electron chi connectivity index (χ3n) is 4.13. The number of nitrogens with two attached hydrogens (primary N) is 1. The minimum Gasteiger partial charge on any atom is -0.369 e. The van der Waals surface area contributed by atoms with E-state index in [2.05, 4.69) is 5.10 Å². The number of aryl methyl sites for hydroxylation is 1. The molecule has 0 saturated carbocycles. The second-order valence-corrected chi connectivity index (χ2v) is 6.04. The van der Waals surface area contributed by atoms with Crippen LogP contribution in [0.4, 0.5) is 0 Å². The van der Waals surface area contributed by atoms with Crippen LogP contribution in [0.3, 0.4) is 0 Å². The molecule has 1 saturated heterocycles. The number of rotatable bonds is 4. The van der Waals surface area contributed by atoms with Crippen LogP contribution in [0.1, 0.15) is 15.9 Å². The van der Waals surface area contributed by atoms with Gasteiger partial charge in [-0.25, -0.2) is 4.68 Å². The van der Waals surface area contributed by atoms with Gasteiger partial charge in [-0.05, 0) is 36.8 Å². The van der Waals surface area contributed by atoms with Gasteiger partial charge in [-0.15, -0.1) is 0 Å². The first-order valence-corrected chi connectivity index (χ1v) is 7.94. The summed E-state index contributed by atoms with van der Waals surface area (Å²) in [7, 11) is 0. The lowest BCUT2D eigenvalue weighted by atomic mass is 10.1. The van der Waals surface area contributed by atoms with Gasteiger partial charge < -0.3 is 10.6 Å². The maximum Gasteiger partial charge on any atom is 0.253 e. The molecule has 1 aliphatic rings. The second kappa shape index (κ2) is 6.84. The molecule has 1 aromatic heterocycles. The smallest absolute Gasteiger partial charge is 0.253 e. The van der Waals surface area contributed by atoms with Crippen molar-refractivity contribution < 1.29 is 9.59 Å². The first-order chi connectivity index (χ1) is 11.5. The lowest BCUT2D eigenvalue weighted by molar-refractivity contribution is -0.119. The molecule has 2 N–H and O–H groups in total. The number of benzene rings is 1. The quantitative estimate of drug-likeness (QED) is 0.882. The molecule has 0 aliphatic carbocycles. The van der Waals surface area contributed by atoms with Crippen molar-refractivity contribution >= 4 is 11.8 Å².